The third kappa shape index (κ3) is 4.30. The highest BCUT2D eigenvalue weighted by Gasteiger charge is 2.23. The number of hydrogen-bond donors (Lipinski definition) is 1. The maximum absolute atomic E-state index is 14.0. The van der Waals surface area contributed by atoms with Crippen LogP contribution in [0, 0.1) is 21.7 Å². The monoisotopic (exact) mass is 370 g/mol. The third-order valence-corrected chi connectivity index (χ3v) is 4.76. The molecule has 2 aromatic carbocycles. The van der Waals surface area contributed by atoms with Gasteiger partial charge in [-0.3, -0.25) is 10.1 Å². The van der Waals surface area contributed by atoms with Crippen molar-refractivity contribution in [3.05, 3.63) is 63.7 Å². The molecule has 0 aromatic heterocycles. The summed E-state index contributed by atoms with van der Waals surface area (Å²) < 4.78 is 50.9. The molecule has 25 heavy (non-hydrogen) atoms. The number of sulfone groups is 1. The van der Waals surface area contributed by atoms with Gasteiger partial charge in [0.05, 0.1) is 11.0 Å². The van der Waals surface area contributed by atoms with E-state index in [1.54, 1.807) is 6.92 Å². The molecule has 6 nitrogen and oxygen atoms in total. The van der Waals surface area contributed by atoms with E-state index in [0.717, 1.165) is 36.6 Å². The lowest BCUT2D eigenvalue weighted by Gasteiger charge is -2.20. The molecule has 0 saturated heterocycles. The largest absolute Gasteiger partial charge is 0.378 e. The predicted octanol–water partition coefficient (Wildman–Crippen LogP) is 3.84. The molecule has 0 aliphatic carbocycles. The number of nitrogens with zero attached hydrogens (tertiary/aromatic N) is 1. The SMILES string of the molecule is CCC(Nc1ccc([N+](=O)[O-])c(S(C)(=O)=O)c1)c1cc(F)ccc1F. The van der Waals surface area contributed by atoms with E-state index in [0.29, 0.717) is 6.42 Å². The van der Waals surface area contributed by atoms with Gasteiger partial charge in [-0.05, 0) is 36.8 Å². The predicted molar refractivity (Wildman–Crippen MR) is 89.2 cm³/mol. The highest BCUT2D eigenvalue weighted by Crippen LogP contribution is 2.30. The van der Waals surface area contributed by atoms with Gasteiger partial charge in [0.15, 0.2) is 9.84 Å². The smallest absolute Gasteiger partial charge is 0.288 e. The van der Waals surface area contributed by atoms with Crippen LogP contribution in [0.15, 0.2) is 41.3 Å². The minimum Gasteiger partial charge on any atom is -0.378 e. The zero-order valence-electron chi connectivity index (χ0n) is 13.5. The molecule has 9 heteroatoms. The molecule has 2 aromatic rings. The van der Waals surface area contributed by atoms with Crippen molar-refractivity contribution in [3.8, 4) is 0 Å². The number of benzene rings is 2. The minimum absolute atomic E-state index is 0.0850. The van der Waals surface area contributed by atoms with Gasteiger partial charge < -0.3 is 5.32 Å². The molecule has 2 rings (SSSR count). The van der Waals surface area contributed by atoms with Crippen molar-refractivity contribution in [2.75, 3.05) is 11.6 Å². The summed E-state index contributed by atoms with van der Waals surface area (Å²) in [4.78, 5) is 9.76. The van der Waals surface area contributed by atoms with Gasteiger partial charge in [-0.2, -0.15) is 0 Å². The first-order valence-corrected chi connectivity index (χ1v) is 9.22. The summed E-state index contributed by atoms with van der Waals surface area (Å²) in [6.45, 7) is 1.74. The molecule has 134 valence electrons. The Balaban J connectivity index is 2.45. The lowest BCUT2D eigenvalue weighted by Crippen LogP contribution is -2.13. The number of anilines is 1. The fraction of sp³-hybridized carbons (Fsp3) is 0.250. The molecule has 0 saturated carbocycles. The summed E-state index contributed by atoms with van der Waals surface area (Å²) in [7, 11) is -3.84. The summed E-state index contributed by atoms with van der Waals surface area (Å²) in [6.07, 6.45) is 1.24. The van der Waals surface area contributed by atoms with Gasteiger partial charge in [-0.1, -0.05) is 6.92 Å². The van der Waals surface area contributed by atoms with Crippen LogP contribution in [0.5, 0.6) is 0 Å². The van der Waals surface area contributed by atoms with Gasteiger partial charge in [0, 0.05) is 23.6 Å². The van der Waals surface area contributed by atoms with Crippen LogP contribution in [0.3, 0.4) is 0 Å². The highest BCUT2D eigenvalue weighted by molar-refractivity contribution is 7.90. The van der Waals surface area contributed by atoms with Gasteiger partial charge in [0.2, 0.25) is 0 Å². The first kappa shape index (κ1) is 18.8. The van der Waals surface area contributed by atoms with Crippen molar-refractivity contribution < 1.29 is 22.1 Å². The summed E-state index contributed by atoms with van der Waals surface area (Å²) in [6, 6.07) is 5.93. The van der Waals surface area contributed by atoms with Crippen molar-refractivity contribution >= 4 is 21.2 Å². The standard InChI is InChI=1S/C16H16F2N2O4S/c1-3-14(12-8-10(17)4-6-13(12)18)19-11-5-7-15(20(21)22)16(9-11)25(2,23)24/h4-9,14,19H,3H2,1-2H3. The third-order valence-electron chi connectivity index (χ3n) is 3.64. The number of halogens is 2. The Morgan fingerprint density at radius 2 is 1.88 bits per heavy atom. The van der Waals surface area contributed by atoms with Crippen LogP contribution in [0.2, 0.25) is 0 Å². The van der Waals surface area contributed by atoms with Crippen molar-refractivity contribution in [2.24, 2.45) is 0 Å². The van der Waals surface area contributed by atoms with E-state index in [2.05, 4.69) is 5.32 Å². The van der Waals surface area contributed by atoms with E-state index in [1.165, 1.54) is 6.07 Å². The molecule has 0 heterocycles. The topological polar surface area (TPSA) is 89.3 Å². The molecule has 1 atom stereocenters. The second-order valence-corrected chi connectivity index (χ2v) is 7.47. The highest BCUT2D eigenvalue weighted by atomic mass is 32.2. The Morgan fingerprint density at radius 1 is 1.20 bits per heavy atom. The first-order chi connectivity index (χ1) is 11.6. The molecule has 0 amide bonds. The van der Waals surface area contributed by atoms with Crippen molar-refractivity contribution in [1.82, 2.24) is 0 Å². The number of nitro groups is 1. The van der Waals surface area contributed by atoms with Gasteiger partial charge in [-0.15, -0.1) is 0 Å². The Kier molecular flexibility index (Phi) is 5.36. The Labute approximate surface area is 143 Å². The van der Waals surface area contributed by atoms with Gasteiger partial charge in [-0.25, -0.2) is 17.2 Å². The fourth-order valence-electron chi connectivity index (χ4n) is 2.43. The molecular formula is C16H16F2N2O4S. The molecular weight excluding hydrogens is 354 g/mol. The first-order valence-electron chi connectivity index (χ1n) is 7.33. The average Bonchev–Trinajstić information content (AvgIpc) is 2.54. The molecule has 0 bridgehead atoms. The van der Waals surface area contributed by atoms with E-state index in [9.17, 15) is 27.3 Å². The maximum atomic E-state index is 14.0. The van der Waals surface area contributed by atoms with Crippen LogP contribution in [0.25, 0.3) is 0 Å². The van der Waals surface area contributed by atoms with Crippen LogP contribution in [0.4, 0.5) is 20.2 Å². The van der Waals surface area contributed by atoms with E-state index in [1.807, 2.05) is 0 Å². The lowest BCUT2D eigenvalue weighted by atomic mass is 10.0. The lowest BCUT2D eigenvalue weighted by molar-refractivity contribution is -0.387. The van der Waals surface area contributed by atoms with Crippen molar-refractivity contribution in [3.63, 3.8) is 0 Å². The Morgan fingerprint density at radius 3 is 2.44 bits per heavy atom. The zero-order chi connectivity index (χ0) is 18.8. The maximum Gasteiger partial charge on any atom is 0.288 e. The van der Waals surface area contributed by atoms with Crippen molar-refractivity contribution in [2.45, 2.75) is 24.3 Å². The van der Waals surface area contributed by atoms with E-state index in [4.69, 9.17) is 0 Å². The summed E-state index contributed by atoms with van der Waals surface area (Å²) >= 11 is 0. The number of nitro benzene ring substituents is 1. The summed E-state index contributed by atoms with van der Waals surface area (Å²) in [5, 5.41) is 13.9. The van der Waals surface area contributed by atoms with Gasteiger partial charge in [0.1, 0.15) is 16.5 Å². The quantitative estimate of drug-likeness (QED) is 0.616. The number of rotatable bonds is 6. The van der Waals surface area contributed by atoms with E-state index in [-0.39, 0.29) is 11.3 Å². The van der Waals surface area contributed by atoms with Crippen molar-refractivity contribution in [1.29, 1.82) is 0 Å². The molecule has 0 aliphatic rings. The second kappa shape index (κ2) is 7.14. The molecule has 0 spiro atoms. The zero-order valence-corrected chi connectivity index (χ0v) is 14.3. The molecule has 1 N–H and O–H groups in total. The molecule has 1 unspecified atom stereocenters. The molecule has 0 radical (unpaired) electrons. The summed E-state index contributed by atoms with van der Waals surface area (Å²) in [5.41, 5.74) is -0.207. The normalized spacial score (nSPS) is 12.6. The second-order valence-electron chi connectivity index (χ2n) is 5.48. The van der Waals surface area contributed by atoms with Gasteiger partial charge >= 0.3 is 0 Å². The summed E-state index contributed by atoms with van der Waals surface area (Å²) in [5.74, 6) is -1.21. The van der Waals surface area contributed by atoms with Crippen LogP contribution >= 0.6 is 0 Å². The Hall–Kier alpha value is -2.55. The van der Waals surface area contributed by atoms with Crippen LogP contribution in [-0.2, 0) is 9.84 Å². The molecule has 0 fully saturated rings. The number of nitrogens with one attached hydrogen (secondary N) is 1. The van der Waals surface area contributed by atoms with Crippen LogP contribution < -0.4 is 5.32 Å². The minimum atomic E-state index is -3.84. The molecule has 0 aliphatic heterocycles. The van der Waals surface area contributed by atoms with E-state index < -0.39 is 43.0 Å². The van der Waals surface area contributed by atoms with Crippen LogP contribution in [0.1, 0.15) is 24.9 Å². The Bertz CT molecular complexity index is 916. The fourth-order valence-corrected chi connectivity index (χ4v) is 3.30. The average molecular weight is 370 g/mol. The van der Waals surface area contributed by atoms with Gasteiger partial charge in [0.25, 0.3) is 5.69 Å². The number of hydrogen-bond acceptors (Lipinski definition) is 5. The van der Waals surface area contributed by atoms with E-state index >= 15 is 0 Å². The van der Waals surface area contributed by atoms with Crippen LogP contribution in [-0.4, -0.2) is 19.6 Å².